The Morgan fingerprint density at radius 1 is 1.00 bits per heavy atom. The summed E-state index contributed by atoms with van der Waals surface area (Å²) < 4.78 is 0. The molecule has 1 aromatic carbocycles. The number of nitrogen functional groups attached to an aromatic ring is 1. The molecule has 0 aliphatic carbocycles. The molecule has 0 aliphatic rings. The van der Waals surface area contributed by atoms with Crippen molar-refractivity contribution in [2.45, 2.75) is 33.6 Å². The van der Waals surface area contributed by atoms with E-state index < -0.39 is 0 Å². The number of nitrogens with two attached hydrogens (primary N) is 1. The fourth-order valence-corrected chi connectivity index (χ4v) is 1.83. The minimum absolute atomic E-state index is 0.342. The molecule has 3 heteroatoms. The maximum Gasteiger partial charge on any atom is 0.220 e. The topological polar surface area (TPSA) is 51.8 Å². The molecule has 18 heavy (non-hydrogen) atoms. The predicted molar refractivity (Wildman–Crippen MR) is 75.4 cm³/mol. The highest BCUT2D eigenvalue weighted by atomic mass is 15.0. The van der Waals surface area contributed by atoms with E-state index in [0.29, 0.717) is 11.9 Å². The Morgan fingerprint density at radius 2 is 1.72 bits per heavy atom. The Kier molecular flexibility index (Phi) is 3.32. The Labute approximate surface area is 108 Å². The van der Waals surface area contributed by atoms with Crippen LogP contribution in [-0.4, -0.2) is 9.97 Å². The van der Waals surface area contributed by atoms with Gasteiger partial charge in [-0.3, -0.25) is 0 Å². The number of hydrogen-bond acceptors (Lipinski definition) is 3. The van der Waals surface area contributed by atoms with E-state index in [-0.39, 0.29) is 0 Å². The van der Waals surface area contributed by atoms with Gasteiger partial charge in [-0.15, -0.1) is 0 Å². The summed E-state index contributed by atoms with van der Waals surface area (Å²) in [5.74, 6) is 0.690. The summed E-state index contributed by atoms with van der Waals surface area (Å²) in [6.45, 7) is 8.41. The molecule has 0 amide bonds. The summed E-state index contributed by atoms with van der Waals surface area (Å²) in [4.78, 5) is 8.59. The molecule has 0 fully saturated rings. The molecule has 0 spiro atoms. The van der Waals surface area contributed by atoms with Crippen LogP contribution in [0.1, 0.15) is 36.6 Å². The van der Waals surface area contributed by atoms with Gasteiger partial charge in [-0.2, -0.15) is 0 Å². The second-order valence-corrected chi connectivity index (χ2v) is 4.99. The molecule has 1 heterocycles. The van der Waals surface area contributed by atoms with Crippen molar-refractivity contribution in [3.05, 3.63) is 41.1 Å². The molecular formula is C15H19N3. The molecule has 1 aromatic heterocycles. The van der Waals surface area contributed by atoms with E-state index in [1.165, 1.54) is 11.1 Å². The van der Waals surface area contributed by atoms with E-state index in [1.807, 2.05) is 6.07 Å². The van der Waals surface area contributed by atoms with Crippen molar-refractivity contribution in [3.8, 4) is 11.3 Å². The van der Waals surface area contributed by atoms with Gasteiger partial charge in [0.25, 0.3) is 0 Å². The molecule has 0 atom stereocenters. The SMILES string of the molecule is Cc1ccc(-c2cc(C(C)C)nc(N)n2)cc1C. The third kappa shape index (κ3) is 2.50. The highest BCUT2D eigenvalue weighted by molar-refractivity contribution is 5.62. The Hall–Kier alpha value is -1.90. The smallest absolute Gasteiger partial charge is 0.220 e. The lowest BCUT2D eigenvalue weighted by Gasteiger charge is -2.09. The van der Waals surface area contributed by atoms with Crippen molar-refractivity contribution in [3.63, 3.8) is 0 Å². The van der Waals surface area contributed by atoms with Crippen molar-refractivity contribution in [2.75, 3.05) is 5.73 Å². The highest BCUT2D eigenvalue weighted by Crippen LogP contribution is 2.23. The number of nitrogens with zero attached hydrogens (tertiary/aromatic N) is 2. The minimum atomic E-state index is 0.342. The van der Waals surface area contributed by atoms with Crippen LogP contribution >= 0.6 is 0 Å². The van der Waals surface area contributed by atoms with Gasteiger partial charge in [-0.1, -0.05) is 26.0 Å². The van der Waals surface area contributed by atoms with E-state index in [4.69, 9.17) is 5.73 Å². The Morgan fingerprint density at radius 3 is 2.33 bits per heavy atom. The summed E-state index contributed by atoms with van der Waals surface area (Å²) in [5.41, 5.74) is 11.3. The molecule has 3 nitrogen and oxygen atoms in total. The summed E-state index contributed by atoms with van der Waals surface area (Å²) in [5, 5.41) is 0. The number of hydrogen-bond donors (Lipinski definition) is 1. The van der Waals surface area contributed by atoms with Crippen molar-refractivity contribution < 1.29 is 0 Å². The molecule has 2 rings (SSSR count). The van der Waals surface area contributed by atoms with Crippen LogP contribution in [0.5, 0.6) is 0 Å². The van der Waals surface area contributed by atoms with E-state index >= 15 is 0 Å². The highest BCUT2D eigenvalue weighted by Gasteiger charge is 2.08. The summed E-state index contributed by atoms with van der Waals surface area (Å²) in [7, 11) is 0. The third-order valence-electron chi connectivity index (χ3n) is 3.16. The van der Waals surface area contributed by atoms with Crippen molar-refractivity contribution in [1.82, 2.24) is 9.97 Å². The predicted octanol–water partition coefficient (Wildman–Crippen LogP) is 3.47. The van der Waals surface area contributed by atoms with Crippen LogP contribution < -0.4 is 5.73 Å². The Bertz CT molecular complexity index is 574. The zero-order chi connectivity index (χ0) is 13.3. The minimum Gasteiger partial charge on any atom is -0.368 e. The molecular weight excluding hydrogens is 222 g/mol. The lowest BCUT2D eigenvalue weighted by Crippen LogP contribution is -2.02. The number of aryl methyl sites for hydroxylation is 2. The van der Waals surface area contributed by atoms with Crippen molar-refractivity contribution >= 4 is 5.95 Å². The fourth-order valence-electron chi connectivity index (χ4n) is 1.83. The second-order valence-electron chi connectivity index (χ2n) is 4.99. The molecule has 94 valence electrons. The van der Waals surface area contributed by atoms with Crippen LogP contribution in [0, 0.1) is 13.8 Å². The van der Waals surface area contributed by atoms with Gasteiger partial charge < -0.3 is 5.73 Å². The van der Waals surface area contributed by atoms with Gasteiger partial charge in [0.15, 0.2) is 0 Å². The number of rotatable bonds is 2. The molecule has 0 saturated heterocycles. The number of aromatic nitrogens is 2. The third-order valence-corrected chi connectivity index (χ3v) is 3.16. The van der Waals surface area contributed by atoms with Crippen LogP contribution in [0.25, 0.3) is 11.3 Å². The number of anilines is 1. The molecule has 0 unspecified atom stereocenters. The standard InChI is InChI=1S/C15H19N3/c1-9(2)13-8-14(18-15(16)17-13)12-6-5-10(3)11(4)7-12/h5-9H,1-4H3,(H2,16,17,18). The normalized spacial score (nSPS) is 10.9. The monoisotopic (exact) mass is 241 g/mol. The van der Waals surface area contributed by atoms with Crippen LogP contribution in [0.4, 0.5) is 5.95 Å². The van der Waals surface area contributed by atoms with Gasteiger partial charge in [0.05, 0.1) is 5.69 Å². The number of benzene rings is 1. The summed E-state index contributed by atoms with van der Waals surface area (Å²) in [6, 6.07) is 8.35. The van der Waals surface area contributed by atoms with Gasteiger partial charge in [0, 0.05) is 11.3 Å². The lowest BCUT2D eigenvalue weighted by atomic mass is 10.0. The quantitative estimate of drug-likeness (QED) is 0.876. The van der Waals surface area contributed by atoms with Gasteiger partial charge >= 0.3 is 0 Å². The van der Waals surface area contributed by atoms with E-state index in [9.17, 15) is 0 Å². The van der Waals surface area contributed by atoms with Crippen molar-refractivity contribution in [2.24, 2.45) is 0 Å². The van der Waals surface area contributed by atoms with Gasteiger partial charge in [-0.25, -0.2) is 9.97 Å². The maximum absolute atomic E-state index is 5.78. The van der Waals surface area contributed by atoms with Gasteiger partial charge in [0.2, 0.25) is 5.95 Å². The van der Waals surface area contributed by atoms with Crippen LogP contribution in [-0.2, 0) is 0 Å². The average Bonchev–Trinajstić information content (AvgIpc) is 2.31. The average molecular weight is 241 g/mol. The van der Waals surface area contributed by atoms with E-state index in [1.54, 1.807) is 0 Å². The van der Waals surface area contributed by atoms with E-state index in [0.717, 1.165) is 17.0 Å². The Balaban J connectivity index is 2.53. The maximum atomic E-state index is 5.78. The molecule has 0 aliphatic heterocycles. The second kappa shape index (κ2) is 4.77. The molecule has 0 bridgehead atoms. The zero-order valence-corrected chi connectivity index (χ0v) is 11.4. The van der Waals surface area contributed by atoms with Crippen LogP contribution in [0.15, 0.2) is 24.3 Å². The fraction of sp³-hybridized carbons (Fsp3) is 0.333. The largest absolute Gasteiger partial charge is 0.368 e. The van der Waals surface area contributed by atoms with Gasteiger partial charge in [0.1, 0.15) is 0 Å². The van der Waals surface area contributed by atoms with Crippen LogP contribution in [0.3, 0.4) is 0 Å². The molecule has 0 radical (unpaired) electrons. The molecule has 2 aromatic rings. The first kappa shape index (κ1) is 12.6. The van der Waals surface area contributed by atoms with Crippen LogP contribution in [0.2, 0.25) is 0 Å². The first-order chi connectivity index (χ1) is 8.47. The summed E-state index contributed by atoms with van der Waals surface area (Å²) in [6.07, 6.45) is 0. The first-order valence-electron chi connectivity index (χ1n) is 6.19. The van der Waals surface area contributed by atoms with Gasteiger partial charge in [-0.05, 0) is 43.0 Å². The lowest BCUT2D eigenvalue weighted by molar-refractivity contribution is 0.819. The van der Waals surface area contributed by atoms with E-state index in [2.05, 4.69) is 55.9 Å². The first-order valence-corrected chi connectivity index (χ1v) is 6.19. The summed E-state index contributed by atoms with van der Waals surface area (Å²) >= 11 is 0. The molecule has 0 saturated carbocycles. The zero-order valence-electron chi connectivity index (χ0n) is 11.4. The molecule has 2 N–H and O–H groups in total. The van der Waals surface area contributed by atoms with Crippen molar-refractivity contribution in [1.29, 1.82) is 0 Å².